The van der Waals surface area contributed by atoms with Crippen LogP contribution in [-0.2, 0) is 5.41 Å². The molecule has 0 aliphatic carbocycles. The molecule has 1 atom stereocenters. The molecule has 1 aromatic carbocycles. The molecule has 0 spiro atoms. The Morgan fingerprint density at radius 3 is 2.55 bits per heavy atom. The van der Waals surface area contributed by atoms with Crippen molar-refractivity contribution in [3.05, 3.63) is 47.2 Å². The van der Waals surface area contributed by atoms with Crippen molar-refractivity contribution in [2.75, 3.05) is 11.9 Å². The molecule has 2 heterocycles. The third-order valence-corrected chi connectivity index (χ3v) is 3.99. The first kappa shape index (κ1) is 13.2. The van der Waals surface area contributed by atoms with E-state index in [1.807, 2.05) is 0 Å². The van der Waals surface area contributed by atoms with E-state index in [0.717, 1.165) is 24.5 Å². The molecule has 1 unspecified atom stereocenters. The minimum absolute atomic E-state index is 0.0871. The number of aryl methyl sites for hydroxylation is 1. The van der Waals surface area contributed by atoms with Gasteiger partial charge in [-0.3, -0.25) is 0 Å². The molecule has 0 fully saturated rings. The molecule has 106 valence electrons. The Balaban J connectivity index is 2.01. The zero-order valence-corrected chi connectivity index (χ0v) is 12.8. The third kappa shape index (κ3) is 2.33. The van der Waals surface area contributed by atoms with Crippen molar-refractivity contribution in [3.8, 4) is 0 Å². The quantitative estimate of drug-likeness (QED) is 0.851. The number of fused-ring (bicyclic) bond motifs is 1. The molecule has 20 heavy (non-hydrogen) atoms. The second kappa shape index (κ2) is 4.65. The van der Waals surface area contributed by atoms with Crippen molar-refractivity contribution in [3.63, 3.8) is 0 Å². The maximum Gasteiger partial charge on any atom is 0.125 e. The fraction of sp³-hybridized carbons (Fsp3) is 0.471. The van der Waals surface area contributed by atoms with Crippen molar-refractivity contribution in [2.24, 2.45) is 0 Å². The van der Waals surface area contributed by atoms with Crippen LogP contribution in [-0.4, -0.2) is 16.3 Å². The zero-order chi connectivity index (χ0) is 14.3. The number of aromatic nitrogens is 2. The van der Waals surface area contributed by atoms with Crippen LogP contribution in [0.4, 0.5) is 5.82 Å². The number of nitrogens with one attached hydrogen (secondary N) is 1. The van der Waals surface area contributed by atoms with E-state index in [2.05, 4.69) is 68.0 Å². The molecule has 0 bridgehead atoms. The molecule has 0 saturated carbocycles. The van der Waals surface area contributed by atoms with Gasteiger partial charge >= 0.3 is 0 Å². The summed E-state index contributed by atoms with van der Waals surface area (Å²) < 4.78 is 2.16. The van der Waals surface area contributed by atoms with Gasteiger partial charge in [0.1, 0.15) is 5.82 Å². The van der Waals surface area contributed by atoms with Gasteiger partial charge in [0.05, 0.1) is 11.7 Å². The summed E-state index contributed by atoms with van der Waals surface area (Å²) in [5, 5.41) is 8.32. The highest BCUT2D eigenvalue weighted by atomic mass is 15.4. The van der Waals surface area contributed by atoms with Gasteiger partial charge in [0.25, 0.3) is 0 Å². The first-order valence-corrected chi connectivity index (χ1v) is 7.35. The Morgan fingerprint density at radius 1 is 1.20 bits per heavy atom. The predicted octanol–water partition coefficient (Wildman–Crippen LogP) is 3.89. The summed E-state index contributed by atoms with van der Waals surface area (Å²) in [6.45, 7) is 9.77. The van der Waals surface area contributed by atoms with Gasteiger partial charge in [-0.2, -0.15) is 5.10 Å². The Morgan fingerprint density at radius 2 is 1.90 bits per heavy atom. The van der Waals surface area contributed by atoms with E-state index in [-0.39, 0.29) is 5.41 Å². The van der Waals surface area contributed by atoms with Crippen LogP contribution in [0.25, 0.3) is 0 Å². The highest BCUT2D eigenvalue weighted by molar-refractivity contribution is 5.43. The molecule has 1 aliphatic heterocycles. The molecule has 3 heteroatoms. The summed E-state index contributed by atoms with van der Waals surface area (Å²) in [4.78, 5) is 0. The van der Waals surface area contributed by atoms with Crippen molar-refractivity contribution in [1.29, 1.82) is 0 Å². The average Bonchev–Trinajstić information content (AvgIpc) is 2.83. The largest absolute Gasteiger partial charge is 0.370 e. The molecule has 3 nitrogen and oxygen atoms in total. The van der Waals surface area contributed by atoms with Gasteiger partial charge in [0.2, 0.25) is 0 Å². The summed E-state index contributed by atoms with van der Waals surface area (Å²) in [5.41, 5.74) is 3.89. The fourth-order valence-corrected chi connectivity index (χ4v) is 2.69. The minimum Gasteiger partial charge on any atom is -0.370 e. The maximum absolute atomic E-state index is 4.86. The van der Waals surface area contributed by atoms with Gasteiger partial charge in [-0.1, -0.05) is 50.6 Å². The van der Waals surface area contributed by atoms with Crippen molar-refractivity contribution >= 4 is 5.82 Å². The van der Waals surface area contributed by atoms with E-state index in [0.29, 0.717) is 6.04 Å². The van der Waals surface area contributed by atoms with Crippen LogP contribution in [0.3, 0.4) is 0 Å². The van der Waals surface area contributed by atoms with Gasteiger partial charge < -0.3 is 5.32 Å². The lowest BCUT2D eigenvalue weighted by Gasteiger charge is -2.26. The lowest BCUT2D eigenvalue weighted by atomic mass is 9.92. The van der Waals surface area contributed by atoms with Gasteiger partial charge in [-0.25, -0.2) is 4.68 Å². The summed E-state index contributed by atoms with van der Waals surface area (Å²) in [7, 11) is 0. The van der Waals surface area contributed by atoms with Gasteiger partial charge in [0, 0.05) is 18.0 Å². The number of hydrogen-bond donors (Lipinski definition) is 1. The maximum atomic E-state index is 4.86. The first-order chi connectivity index (χ1) is 9.45. The van der Waals surface area contributed by atoms with E-state index in [1.165, 1.54) is 11.1 Å². The zero-order valence-electron chi connectivity index (χ0n) is 12.8. The summed E-state index contributed by atoms with van der Waals surface area (Å²) in [5.74, 6) is 1.15. The first-order valence-electron chi connectivity index (χ1n) is 7.35. The average molecular weight is 269 g/mol. The highest BCUT2D eigenvalue weighted by Crippen LogP contribution is 2.33. The molecule has 0 saturated heterocycles. The molecule has 1 N–H and O–H groups in total. The number of benzene rings is 1. The SMILES string of the molecule is Cc1ccc(C2CCNc3cc(C(C)(C)C)nn32)cc1. The van der Waals surface area contributed by atoms with Crippen molar-refractivity contribution < 1.29 is 0 Å². The predicted molar refractivity (Wildman–Crippen MR) is 83.4 cm³/mol. The molecule has 1 aliphatic rings. The number of anilines is 1. The summed E-state index contributed by atoms with van der Waals surface area (Å²) >= 11 is 0. The fourth-order valence-electron chi connectivity index (χ4n) is 2.69. The van der Waals surface area contributed by atoms with E-state index >= 15 is 0 Å². The van der Waals surface area contributed by atoms with Crippen LogP contribution < -0.4 is 5.32 Å². The standard InChI is InChI=1S/C17H23N3/c1-12-5-7-13(8-6-12)14-9-10-18-16-11-15(17(2,3)4)19-20(14)16/h5-8,11,14,18H,9-10H2,1-4H3. The van der Waals surface area contributed by atoms with Gasteiger partial charge in [-0.15, -0.1) is 0 Å². The molecular formula is C17H23N3. The highest BCUT2D eigenvalue weighted by Gasteiger charge is 2.26. The van der Waals surface area contributed by atoms with Gasteiger partial charge in [-0.05, 0) is 18.9 Å². The minimum atomic E-state index is 0.0871. The number of hydrogen-bond acceptors (Lipinski definition) is 2. The number of rotatable bonds is 1. The van der Waals surface area contributed by atoms with Crippen molar-refractivity contribution in [1.82, 2.24) is 9.78 Å². The van der Waals surface area contributed by atoms with Gasteiger partial charge in [0.15, 0.2) is 0 Å². The Bertz CT molecular complexity index is 602. The van der Waals surface area contributed by atoms with Crippen molar-refractivity contribution in [2.45, 2.75) is 45.6 Å². The van der Waals surface area contributed by atoms with Crippen LogP contribution >= 0.6 is 0 Å². The van der Waals surface area contributed by atoms with Crippen LogP contribution in [0.15, 0.2) is 30.3 Å². The lowest BCUT2D eigenvalue weighted by molar-refractivity contribution is 0.462. The van der Waals surface area contributed by atoms with Crippen LogP contribution in [0.2, 0.25) is 0 Å². The second-order valence-corrected chi connectivity index (χ2v) is 6.75. The molecule has 3 rings (SSSR count). The van der Waals surface area contributed by atoms with Crippen LogP contribution in [0.5, 0.6) is 0 Å². The van der Waals surface area contributed by atoms with Crippen LogP contribution in [0, 0.1) is 6.92 Å². The molecule has 0 radical (unpaired) electrons. The molecule has 2 aromatic rings. The topological polar surface area (TPSA) is 29.9 Å². The molecule has 0 amide bonds. The molecule has 1 aromatic heterocycles. The second-order valence-electron chi connectivity index (χ2n) is 6.75. The third-order valence-electron chi connectivity index (χ3n) is 3.99. The summed E-state index contributed by atoms with van der Waals surface area (Å²) in [6, 6.07) is 11.4. The van der Waals surface area contributed by atoms with E-state index in [9.17, 15) is 0 Å². The van der Waals surface area contributed by atoms with E-state index in [4.69, 9.17) is 5.10 Å². The number of nitrogens with zero attached hydrogens (tertiary/aromatic N) is 2. The summed E-state index contributed by atoms with van der Waals surface area (Å²) in [6.07, 6.45) is 1.08. The monoisotopic (exact) mass is 269 g/mol. The lowest BCUT2D eigenvalue weighted by Crippen LogP contribution is -2.24. The normalized spacial score (nSPS) is 18.5. The smallest absolute Gasteiger partial charge is 0.125 e. The Kier molecular flexibility index (Phi) is 3.08. The molecular weight excluding hydrogens is 246 g/mol. The van der Waals surface area contributed by atoms with E-state index < -0.39 is 0 Å². The van der Waals surface area contributed by atoms with E-state index in [1.54, 1.807) is 0 Å². The Labute approximate surface area is 121 Å². The van der Waals surface area contributed by atoms with Crippen LogP contribution in [0.1, 0.15) is 50.1 Å². The Hall–Kier alpha value is -1.77.